The second kappa shape index (κ2) is 7.97. The molecule has 1 atom stereocenters. The molecule has 1 N–H and O–H groups in total. The van der Waals surface area contributed by atoms with E-state index in [0.29, 0.717) is 12.0 Å². The van der Waals surface area contributed by atoms with Crippen molar-refractivity contribution in [2.24, 2.45) is 0 Å². The lowest BCUT2D eigenvalue weighted by Crippen LogP contribution is -2.45. The Morgan fingerprint density at radius 2 is 1.60 bits per heavy atom. The van der Waals surface area contributed by atoms with Crippen LogP contribution >= 0.6 is 0 Å². The van der Waals surface area contributed by atoms with Crippen molar-refractivity contribution in [1.82, 2.24) is 5.32 Å². The second-order valence-corrected chi connectivity index (χ2v) is 7.12. The van der Waals surface area contributed by atoms with E-state index in [1.165, 1.54) is 0 Å². The fraction of sp³-hybridized carbons (Fsp3) is 0.333. The van der Waals surface area contributed by atoms with Crippen LogP contribution in [0.15, 0.2) is 54.6 Å². The van der Waals surface area contributed by atoms with Crippen molar-refractivity contribution in [2.75, 3.05) is 0 Å². The molecule has 1 amide bonds. The van der Waals surface area contributed by atoms with Gasteiger partial charge in [0, 0.05) is 12.0 Å². The molecule has 2 aromatic carbocycles. The Kier molecular flexibility index (Phi) is 5.97. The van der Waals surface area contributed by atoms with Crippen LogP contribution in [-0.4, -0.2) is 23.5 Å². The SMILES string of the molecule is Cc1ccc(C[C@@H](NC(=O)c2ccccc2)C(=O)OC(C)(C)C)cc1. The zero-order valence-electron chi connectivity index (χ0n) is 15.2. The first-order valence-electron chi connectivity index (χ1n) is 8.39. The molecule has 4 heteroatoms. The highest BCUT2D eigenvalue weighted by atomic mass is 16.6. The molecule has 4 nitrogen and oxygen atoms in total. The van der Waals surface area contributed by atoms with Crippen LogP contribution in [0.5, 0.6) is 0 Å². The second-order valence-electron chi connectivity index (χ2n) is 7.12. The molecule has 0 unspecified atom stereocenters. The summed E-state index contributed by atoms with van der Waals surface area (Å²) in [5, 5.41) is 2.81. The molecule has 0 fully saturated rings. The maximum absolute atomic E-state index is 12.6. The number of esters is 1. The van der Waals surface area contributed by atoms with Crippen LogP contribution in [0.4, 0.5) is 0 Å². The van der Waals surface area contributed by atoms with E-state index in [0.717, 1.165) is 11.1 Å². The smallest absolute Gasteiger partial charge is 0.329 e. The van der Waals surface area contributed by atoms with Gasteiger partial charge in [0.1, 0.15) is 11.6 Å². The molecule has 0 heterocycles. The van der Waals surface area contributed by atoms with Crippen LogP contribution in [0.3, 0.4) is 0 Å². The zero-order valence-corrected chi connectivity index (χ0v) is 15.2. The molecule has 0 aliphatic carbocycles. The summed E-state index contributed by atoms with van der Waals surface area (Å²) in [5.41, 5.74) is 2.01. The molecule has 0 radical (unpaired) electrons. The summed E-state index contributed by atoms with van der Waals surface area (Å²) in [7, 11) is 0. The first-order valence-corrected chi connectivity index (χ1v) is 8.39. The Morgan fingerprint density at radius 1 is 1.00 bits per heavy atom. The van der Waals surface area contributed by atoms with Gasteiger partial charge >= 0.3 is 5.97 Å². The van der Waals surface area contributed by atoms with Gasteiger partial charge in [0.15, 0.2) is 0 Å². The minimum absolute atomic E-state index is 0.288. The monoisotopic (exact) mass is 339 g/mol. The minimum atomic E-state index is -0.741. The van der Waals surface area contributed by atoms with Gasteiger partial charge in [0.25, 0.3) is 5.91 Å². The Bertz CT molecular complexity index is 715. The highest BCUT2D eigenvalue weighted by Crippen LogP contribution is 2.13. The average Bonchev–Trinajstić information content (AvgIpc) is 2.55. The van der Waals surface area contributed by atoms with Gasteiger partial charge in [0.05, 0.1) is 0 Å². The lowest BCUT2D eigenvalue weighted by molar-refractivity contribution is -0.157. The molecule has 0 saturated carbocycles. The van der Waals surface area contributed by atoms with Gasteiger partial charge in [-0.15, -0.1) is 0 Å². The summed E-state index contributed by atoms with van der Waals surface area (Å²) in [6.07, 6.45) is 0.383. The van der Waals surface area contributed by atoms with E-state index < -0.39 is 17.6 Å². The molecule has 132 valence electrons. The number of aryl methyl sites for hydroxylation is 1. The lowest BCUT2D eigenvalue weighted by Gasteiger charge is -2.24. The third kappa shape index (κ3) is 6.07. The molecule has 0 spiro atoms. The first-order chi connectivity index (χ1) is 11.7. The number of carbonyl (C=O) groups is 2. The highest BCUT2D eigenvalue weighted by molar-refractivity contribution is 5.96. The zero-order chi connectivity index (χ0) is 18.4. The molecule has 0 aliphatic rings. The van der Waals surface area contributed by atoms with Crippen LogP contribution in [-0.2, 0) is 16.0 Å². The van der Waals surface area contributed by atoms with Crippen LogP contribution in [0, 0.1) is 6.92 Å². The number of carbonyl (C=O) groups excluding carboxylic acids is 2. The molecular formula is C21H25NO3. The van der Waals surface area contributed by atoms with Crippen LogP contribution in [0.25, 0.3) is 0 Å². The maximum atomic E-state index is 12.6. The van der Waals surface area contributed by atoms with Crippen molar-refractivity contribution in [3.05, 3.63) is 71.3 Å². The van der Waals surface area contributed by atoms with Crippen LogP contribution in [0.1, 0.15) is 42.3 Å². The topological polar surface area (TPSA) is 55.4 Å². The van der Waals surface area contributed by atoms with Gasteiger partial charge in [-0.3, -0.25) is 4.79 Å². The molecular weight excluding hydrogens is 314 g/mol. The summed E-state index contributed by atoms with van der Waals surface area (Å²) in [6, 6.07) is 16.0. The summed E-state index contributed by atoms with van der Waals surface area (Å²) in [4.78, 5) is 25.0. The van der Waals surface area contributed by atoms with Gasteiger partial charge < -0.3 is 10.1 Å². The van der Waals surface area contributed by atoms with E-state index in [1.54, 1.807) is 24.3 Å². The Morgan fingerprint density at radius 3 is 2.16 bits per heavy atom. The Balaban J connectivity index is 2.17. The maximum Gasteiger partial charge on any atom is 0.329 e. The minimum Gasteiger partial charge on any atom is -0.458 e. The summed E-state index contributed by atoms with van der Waals surface area (Å²) in [5.74, 6) is -0.721. The summed E-state index contributed by atoms with van der Waals surface area (Å²) >= 11 is 0. The van der Waals surface area contributed by atoms with Gasteiger partial charge in [0.2, 0.25) is 0 Å². The summed E-state index contributed by atoms with van der Waals surface area (Å²) < 4.78 is 5.48. The lowest BCUT2D eigenvalue weighted by atomic mass is 10.0. The predicted octanol–water partition coefficient (Wildman–Crippen LogP) is 3.68. The molecule has 25 heavy (non-hydrogen) atoms. The van der Waals surface area contributed by atoms with Gasteiger partial charge in [-0.2, -0.15) is 0 Å². The van der Waals surface area contributed by atoms with E-state index in [9.17, 15) is 9.59 Å². The van der Waals surface area contributed by atoms with Crippen molar-refractivity contribution < 1.29 is 14.3 Å². The largest absolute Gasteiger partial charge is 0.458 e. The van der Waals surface area contributed by atoms with Gasteiger partial charge in [-0.05, 0) is 45.4 Å². The predicted molar refractivity (Wildman–Crippen MR) is 98.4 cm³/mol. The number of hydrogen-bond donors (Lipinski definition) is 1. The standard InChI is InChI=1S/C21H25NO3/c1-15-10-12-16(13-11-15)14-18(20(24)25-21(2,3)4)22-19(23)17-8-6-5-7-9-17/h5-13,18H,14H2,1-4H3,(H,22,23)/t18-/m1/s1. The van der Waals surface area contributed by atoms with Crippen LogP contribution < -0.4 is 5.32 Å². The van der Waals surface area contributed by atoms with Crippen molar-refractivity contribution >= 4 is 11.9 Å². The highest BCUT2D eigenvalue weighted by Gasteiger charge is 2.27. The number of rotatable bonds is 5. The van der Waals surface area contributed by atoms with Crippen molar-refractivity contribution in [3.8, 4) is 0 Å². The van der Waals surface area contributed by atoms with Crippen molar-refractivity contribution in [2.45, 2.75) is 45.8 Å². The Labute approximate surface area is 149 Å². The van der Waals surface area contributed by atoms with Gasteiger partial charge in [-0.1, -0.05) is 48.0 Å². The van der Waals surface area contributed by atoms with Crippen molar-refractivity contribution in [1.29, 1.82) is 0 Å². The van der Waals surface area contributed by atoms with E-state index in [2.05, 4.69) is 5.32 Å². The van der Waals surface area contributed by atoms with E-state index in [-0.39, 0.29) is 5.91 Å². The third-order valence-corrected chi connectivity index (χ3v) is 3.59. The number of ether oxygens (including phenoxy) is 1. The van der Waals surface area contributed by atoms with E-state index in [1.807, 2.05) is 58.0 Å². The normalized spacial score (nSPS) is 12.3. The molecule has 0 aromatic heterocycles. The van der Waals surface area contributed by atoms with Crippen molar-refractivity contribution in [3.63, 3.8) is 0 Å². The van der Waals surface area contributed by atoms with Crippen LogP contribution in [0.2, 0.25) is 0 Å². The molecule has 0 saturated heterocycles. The average molecular weight is 339 g/mol. The summed E-state index contributed by atoms with van der Waals surface area (Å²) in [6.45, 7) is 7.44. The van der Waals surface area contributed by atoms with E-state index >= 15 is 0 Å². The fourth-order valence-electron chi connectivity index (χ4n) is 2.36. The van der Waals surface area contributed by atoms with Gasteiger partial charge in [-0.25, -0.2) is 4.79 Å². The molecule has 2 aromatic rings. The first kappa shape index (κ1) is 18.7. The van der Waals surface area contributed by atoms with E-state index in [4.69, 9.17) is 4.74 Å². The molecule has 2 rings (SSSR count). The number of nitrogens with one attached hydrogen (secondary N) is 1. The quantitative estimate of drug-likeness (QED) is 0.846. The molecule has 0 aliphatic heterocycles. The third-order valence-electron chi connectivity index (χ3n) is 3.59. The number of benzene rings is 2. The fourth-order valence-corrected chi connectivity index (χ4v) is 2.36. The molecule has 0 bridgehead atoms. The number of amides is 1. The Hall–Kier alpha value is -2.62. The number of hydrogen-bond acceptors (Lipinski definition) is 3.